The Balaban J connectivity index is 1.34. The maximum absolute atomic E-state index is 13.5. The van der Waals surface area contributed by atoms with Crippen molar-refractivity contribution in [2.45, 2.75) is 57.5 Å². The molecule has 2 unspecified atom stereocenters. The number of rotatable bonds is 12. The third kappa shape index (κ3) is 7.18. The van der Waals surface area contributed by atoms with Crippen LogP contribution in [0.5, 0.6) is 5.75 Å². The van der Waals surface area contributed by atoms with Crippen LogP contribution in [0.4, 0.5) is 15.9 Å². The summed E-state index contributed by atoms with van der Waals surface area (Å²) in [5.41, 5.74) is 2.80. The Morgan fingerprint density at radius 1 is 1.05 bits per heavy atom. The molecule has 0 saturated heterocycles. The van der Waals surface area contributed by atoms with Crippen LogP contribution in [0, 0.1) is 5.82 Å². The average molecular weight is 655 g/mol. The number of hydrogen-bond acceptors (Lipinski definition) is 9. The number of nitrogens with zero attached hydrogens (tertiary/aromatic N) is 3. The Morgan fingerprint density at radius 2 is 1.86 bits per heavy atom. The van der Waals surface area contributed by atoms with E-state index in [-0.39, 0.29) is 12.4 Å². The van der Waals surface area contributed by atoms with Crippen LogP contribution in [0.25, 0.3) is 22.2 Å². The Labute approximate surface area is 265 Å². The van der Waals surface area contributed by atoms with Gasteiger partial charge in [-0.1, -0.05) is 36.7 Å². The molecule has 0 radical (unpaired) electrons. The fourth-order valence-corrected chi connectivity index (χ4v) is 6.76. The number of halogens is 2. The molecule has 0 amide bonds. The largest absolute Gasteiger partial charge is 0.487 e. The second-order valence-corrected chi connectivity index (χ2v) is 14.5. The van der Waals surface area contributed by atoms with Gasteiger partial charge in [0.2, 0.25) is 0 Å². The van der Waals surface area contributed by atoms with Gasteiger partial charge in [-0.05, 0) is 75.2 Å². The zero-order valence-corrected chi connectivity index (χ0v) is 27.0. The predicted octanol–water partition coefficient (Wildman–Crippen LogP) is 8.51. The summed E-state index contributed by atoms with van der Waals surface area (Å²) in [4.78, 5) is 13.7. The summed E-state index contributed by atoms with van der Waals surface area (Å²) in [6, 6.07) is 17.3. The van der Waals surface area contributed by atoms with Crippen LogP contribution in [0.15, 0.2) is 72.4 Å². The molecule has 0 aliphatic carbocycles. The number of thiazole rings is 1. The Hall–Kier alpha value is -3.64. The summed E-state index contributed by atoms with van der Waals surface area (Å²) in [5, 5.41) is 6.61. The molecule has 0 aliphatic heterocycles. The summed E-state index contributed by atoms with van der Waals surface area (Å²) in [6.45, 7) is 7.01. The first-order chi connectivity index (χ1) is 21.0. The number of ether oxygens (including phenoxy) is 2. The molecule has 0 bridgehead atoms. The highest BCUT2D eigenvalue weighted by Gasteiger charge is 2.29. The van der Waals surface area contributed by atoms with Crippen LogP contribution < -0.4 is 10.1 Å². The first-order valence-electron chi connectivity index (χ1n) is 14.1. The van der Waals surface area contributed by atoms with Crippen molar-refractivity contribution < 1.29 is 22.3 Å². The van der Waals surface area contributed by atoms with E-state index in [4.69, 9.17) is 26.1 Å². The van der Waals surface area contributed by atoms with E-state index in [1.165, 1.54) is 29.8 Å². The maximum atomic E-state index is 13.5. The molecule has 12 heteroatoms. The molecule has 0 saturated carbocycles. The number of fused-ring (bicyclic) bond motifs is 1. The number of nitrogens with one attached hydrogen (secondary N) is 1. The van der Waals surface area contributed by atoms with Gasteiger partial charge >= 0.3 is 0 Å². The van der Waals surface area contributed by atoms with Gasteiger partial charge in [0.1, 0.15) is 41.4 Å². The molecule has 1 N–H and O–H groups in total. The van der Waals surface area contributed by atoms with Gasteiger partial charge in [-0.3, -0.25) is 0 Å². The lowest BCUT2D eigenvalue weighted by atomic mass is 10.1. The molecule has 5 rings (SSSR count). The van der Waals surface area contributed by atoms with Gasteiger partial charge in [-0.25, -0.2) is 27.8 Å². The van der Waals surface area contributed by atoms with Crippen LogP contribution in [-0.2, 0) is 21.2 Å². The lowest BCUT2D eigenvalue weighted by Crippen LogP contribution is -2.29. The number of aromatic nitrogens is 3. The van der Waals surface area contributed by atoms with E-state index in [9.17, 15) is 12.8 Å². The van der Waals surface area contributed by atoms with Crippen LogP contribution in [-0.4, -0.2) is 34.1 Å². The minimum Gasteiger partial charge on any atom is -0.487 e. The quantitative estimate of drug-likeness (QED) is 0.143. The summed E-state index contributed by atoms with van der Waals surface area (Å²) in [6.07, 6.45) is 1.63. The lowest BCUT2D eigenvalue weighted by Gasteiger charge is -2.21. The first-order valence-corrected chi connectivity index (χ1v) is 16.9. The van der Waals surface area contributed by atoms with Crippen molar-refractivity contribution in [3.05, 3.63) is 93.8 Å². The van der Waals surface area contributed by atoms with Crippen molar-refractivity contribution in [1.29, 1.82) is 0 Å². The average Bonchev–Trinajstić information content (AvgIpc) is 3.49. The van der Waals surface area contributed by atoms with Crippen molar-refractivity contribution in [2.75, 3.05) is 5.32 Å². The molecule has 0 spiro atoms. The number of benzene rings is 3. The topological polar surface area (TPSA) is 103 Å². The fourth-order valence-electron chi connectivity index (χ4n) is 4.52. The molecule has 2 heterocycles. The fraction of sp³-hybridized carbons (Fsp3) is 0.281. The standard InChI is InChI=1S/C32H32ClFN4O4S2/c1-5-29(42-20(4)44(39,40)19(2)3)32-38-28(17-43-32)22-9-11-27-25(14-22)31(36-18-35-27)37-24-10-12-30(26(33)15-24)41-16-21-7-6-8-23(34)13-21/h6-15,17-20,29H,5,16H2,1-4H3,(H,35,36,37). The van der Waals surface area contributed by atoms with Gasteiger partial charge in [-0.2, -0.15) is 0 Å². The highest BCUT2D eigenvalue weighted by Crippen LogP contribution is 2.34. The Morgan fingerprint density at radius 3 is 2.59 bits per heavy atom. The van der Waals surface area contributed by atoms with Gasteiger partial charge in [-0.15, -0.1) is 11.3 Å². The van der Waals surface area contributed by atoms with Gasteiger partial charge in [0.15, 0.2) is 15.3 Å². The minimum atomic E-state index is -3.41. The highest BCUT2D eigenvalue weighted by atomic mass is 35.5. The molecule has 8 nitrogen and oxygen atoms in total. The molecule has 230 valence electrons. The smallest absolute Gasteiger partial charge is 0.179 e. The maximum Gasteiger partial charge on any atom is 0.179 e. The van der Waals surface area contributed by atoms with Crippen molar-refractivity contribution in [2.24, 2.45) is 0 Å². The van der Waals surface area contributed by atoms with E-state index in [0.29, 0.717) is 39.3 Å². The zero-order valence-electron chi connectivity index (χ0n) is 24.6. The summed E-state index contributed by atoms with van der Waals surface area (Å²) in [5.74, 6) is 0.733. The Kier molecular flexibility index (Phi) is 9.79. The third-order valence-corrected chi connectivity index (χ3v) is 10.6. The van der Waals surface area contributed by atoms with Crippen molar-refractivity contribution in [3.8, 4) is 17.0 Å². The van der Waals surface area contributed by atoms with E-state index in [1.807, 2.05) is 36.6 Å². The van der Waals surface area contributed by atoms with E-state index in [0.717, 1.165) is 22.2 Å². The van der Waals surface area contributed by atoms with Gasteiger partial charge in [0, 0.05) is 22.0 Å². The Bertz CT molecular complexity index is 1880. The zero-order chi connectivity index (χ0) is 31.4. The highest BCUT2D eigenvalue weighted by molar-refractivity contribution is 7.92. The van der Waals surface area contributed by atoms with Crippen LogP contribution in [0.2, 0.25) is 5.02 Å². The van der Waals surface area contributed by atoms with Crippen LogP contribution >= 0.6 is 22.9 Å². The summed E-state index contributed by atoms with van der Waals surface area (Å²) in [7, 11) is -3.41. The van der Waals surface area contributed by atoms with Gasteiger partial charge in [0.05, 0.1) is 21.5 Å². The molecule has 5 aromatic rings. The number of hydrogen-bond donors (Lipinski definition) is 1. The van der Waals surface area contributed by atoms with Crippen LogP contribution in [0.3, 0.4) is 0 Å². The first kappa shape index (κ1) is 31.8. The molecular formula is C32H32ClFN4O4S2. The SMILES string of the molecule is CCC(OC(C)S(=O)(=O)C(C)C)c1nc(-c2ccc3ncnc(Nc4ccc(OCc5cccc(F)c5)c(Cl)c4)c3c2)cs1. The lowest BCUT2D eigenvalue weighted by molar-refractivity contribution is 0.0349. The van der Waals surface area contributed by atoms with Crippen molar-refractivity contribution >= 4 is 55.2 Å². The molecule has 2 aromatic heterocycles. The minimum absolute atomic E-state index is 0.184. The normalized spacial score (nSPS) is 13.2. The summed E-state index contributed by atoms with van der Waals surface area (Å²) >= 11 is 7.94. The predicted molar refractivity (Wildman–Crippen MR) is 174 cm³/mol. The molecule has 0 fully saturated rings. The van der Waals surface area contributed by atoms with Gasteiger partial charge in [0.25, 0.3) is 0 Å². The second-order valence-electron chi connectivity index (χ2n) is 10.5. The molecule has 2 atom stereocenters. The number of sulfone groups is 1. The van der Waals surface area contributed by atoms with E-state index >= 15 is 0 Å². The van der Waals surface area contributed by atoms with E-state index < -0.39 is 26.6 Å². The molecule has 3 aromatic carbocycles. The van der Waals surface area contributed by atoms with Gasteiger partial charge < -0.3 is 14.8 Å². The second kappa shape index (κ2) is 13.6. The van der Waals surface area contributed by atoms with Crippen LogP contribution in [0.1, 0.15) is 50.8 Å². The monoisotopic (exact) mass is 654 g/mol. The number of anilines is 2. The third-order valence-electron chi connectivity index (χ3n) is 7.05. The van der Waals surface area contributed by atoms with E-state index in [2.05, 4.69) is 15.3 Å². The van der Waals surface area contributed by atoms with Crippen molar-refractivity contribution in [1.82, 2.24) is 15.0 Å². The van der Waals surface area contributed by atoms with Crippen molar-refractivity contribution in [3.63, 3.8) is 0 Å². The molecule has 44 heavy (non-hydrogen) atoms. The molecular weight excluding hydrogens is 623 g/mol. The summed E-state index contributed by atoms with van der Waals surface area (Å²) < 4.78 is 50.4. The van der Waals surface area contributed by atoms with E-state index in [1.54, 1.807) is 45.0 Å². The molecule has 0 aliphatic rings.